The van der Waals surface area contributed by atoms with Crippen molar-refractivity contribution in [2.24, 2.45) is 0 Å². The molecular weight excluding hydrogens is 457 g/mol. The van der Waals surface area contributed by atoms with Gasteiger partial charge in [-0.3, -0.25) is 9.59 Å². The summed E-state index contributed by atoms with van der Waals surface area (Å²) < 4.78 is 13.5. The van der Waals surface area contributed by atoms with E-state index in [1.807, 2.05) is 6.07 Å². The van der Waals surface area contributed by atoms with Crippen molar-refractivity contribution < 1.29 is 19.1 Å². The van der Waals surface area contributed by atoms with Crippen LogP contribution in [-0.2, 0) is 17.8 Å². The van der Waals surface area contributed by atoms with Crippen LogP contribution in [0.3, 0.4) is 0 Å². The van der Waals surface area contributed by atoms with Gasteiger partial charge in [-0.1, -0.05) is 12.1 Å². The first-order valence-corrected chi connectivity index (χ1v) is 11.6. The topological polar surface area (TPSA) is 103 Å². The van der Waals surface area contributed by atoms with Gasteiger partial charge in [0.2, 0.25) is 0 Å². The monoisotopic (exact) mass is 481 g/mol. The largest absolute Gasteiger partial charge is 0.481 e. The Balaban J connectivity index is 1.58. The number of unbranched alkanes of at least 4 members (excludes halogenated alkanes) is 1. The molecule has 0 bridgehead atoms. The van der Waals surface area contributed by atoms with Gasteiger partial charge in [0.15, 0.2) is 0 Å². The average molecular weight is 482 g/mol. The summed E-state index contributed by atoms with van der Waals surface area (Å²) in [4.78, 5) is 28.5. The van der Waals surface area contributed by atoms with Crippen LogP contribution in [0.1, 0.15) is 46.3 Å². The first kappa shape index (κ1) is 24.6. The zero-order valence-electron chi connectivity index (χ0n) is 19.5. The minimum Gasteiger partial charge on any atom is -0.481 e. The van der Waals surface area contributed by atoms with E-state index < -0.39 is 5.97 Å². The molecule has 1 amide bonds. The quantitative estimate of drug-likeness (QED) is 0.301. The molecule has 180 valence electrons. The van der Waals surface area contributed by atoms with E-state index in [1.54, 1.807) is 54.6 Å². The van der Waals surface area contributed by atoms with Gasteiger partial charge in [-0.15, -0.1) is 0 Å². The second-order valence-corrected chi connectivity index (χ2v) is 8.50. The molecule has 6 nitrogen and oxygen atoms in total. The number of rotatable bonds is 9. The molecule has 0 saturated heterocycles. The van der Waals surface area contributed by atoms with E-state index in [0.717, 1.165) is 27.8 Å². The van der Waals surface area contributed by atoms with E-state index in [0.29, 0.717) is 42.5 Å². The Morgan fingerprint density at radius 3 is 2.42 bits per heavy atom. The van der Waals surface area contributed by atoms with E-state index in [1.165, 1.54) is 12.1 Å². The number of halogens is 1. The summed E-state index contributed by atoms with van der Waals surface area (Å²) in [6.07, 6.45) is 1.90. The van der Waals surface area contributed by atoms with Crippen molar-refractivity contribution in [1.82, 2.24) is 10.3 Å². The molecule has 0 aliphatic rings. The number of carboxylic acids is 1. The molecule has 0 saturated carbocycles. The number of nitrogens with zero attached hydrogens (tertiary/aromatic N) is 2. The highest BCUT2D eigenvalue weighted by atomic mass is 19.1. The van der Waals surface area contributed by atoms with Crippen LogP contribution >= 0.6 is 0 Å². The van der Waals surface area contributed by atoms with Crippen molar-refractivity contribution in [2.75, 3.05) is 0 Å². The average Bonchev–Trinajstić information content (AvgIpc) is 2.89. The number of hydrogen-bond acceptors (Lipinski definition) is 4. The van der Waals surface area contributed by atoms with Gasteiger partial charge in [0.05, 0.1) is 22.8 Å². The number of aliphatic carboxylic acids is 1. The zero-order valence-corrected chi connectivity index (χ0v) is 19.5. The lowest BCUT2D eigenvalue weighted by atomic mass is 9.98. The molecule has 0 aliphatic carbocycles. The van der Waals surface area contributed by atoms with Crippen molar-refractivity contribution in [3.63, 3.8) is 0 Å². The van der Waals surface area contributed by atoms with Crippen molar-refractivity contribution in [1.29, 1.82) is 5.26 Å². The van der Waals surface area contributed by atoms with E-state index in [2.05, 4.69) is 11.4 Å². The normalized spacial score (nSPS) is 10.7. The molecular formula is C29H24FN3O3. The number of carbonyl (C=O) groups is 2. The van der Waals surface area contributed by atoms with Crippen LogP contribution in [0.4, 0.5) is 4.39 Å². The van der Waals surface area contributed by atoms with Gasteiger partial charge < -0.3 is 10.4 Å². The molecule has 7 heteroatoms. The number of benzene rings is 3. The van der Waals surface area contributed by atoms with Crippen LogP contribution in [0.15, 0.2) is 72.8 Å². The van der Waals surface area contributed by atoms with E-state index in [9.17, 15) is 14.0 Å². The van der Waals surface area contributed by atoms with Crippen LogP contribution in [-0.4, -0.2) is 22.0 Å². The maximum atomic E-state index is 13.5. The van der Waals surface area contributed by atoms with E-state index in [4.69, 9.17) is 15.4 Å². The second kappa shape index (κ2) is 11.2. The van der Waals surface area contributed by atoms with Gasteiger partial charge in [-0.05, 0) is 91.1 Å². The Labute approximate surface area is 208 Å². The molecule has 36 heavy (non-hydrogen) atoms. The van der Waals surface area contributed by atoms with Gasteiger partial charge in [0, 0.05) is 29.5 Å². The zero-order chi connectivity index (χ0) is 25.5. The number of aryl methyl sites for hydroxylation is 1. The van der Waals surface area contributed by atoms with Crippen LogP contribution in [0, 0.1) is 17.1 Å². The maximum Gasteiger partial charge on any atom is 0.303 e. The van der Waals surface area contributed by atoms with Gasteiger partial charge in [0.1, 0.15) is 5.82 Å². The molecule has 0 fully saturated rings. The Morgan fingerprint density at radius 2 is 1.72 bits per heavy atom. The molecule has 1 aromatic heterocycles. The predicted molar refractivity (Wildman–Crippen MR) is 135 cm³/mol. The van der Waals surface area contributed by atoms with Crippen LogP contribution < -0.4 is 5.32 Å². The second-order valence-electron chi connectivity index (χ2n) is 8.50. The highest BCUT2D eigenvalue weighted by Crippen LogP contribution is 2.28. The highest BCUT2D eigenvalue weighted by Gasteiger charge is 2.13. The highest BCUT2D eigenvalue weighted by molar-refractivity contribution is 5.98. The summed E-state index contributed by atoms with van der Waals surface area (Å²) in [5, 5.41) is 21.5. The fraction of sp³-hybridized carbons (Fsp3) is 0.172. The van der Waals surface area contributed by atoms with Crippen molar-refractivity contribution in [3.8, 4) is 17.3 Å². The molecule has 4 aromatic rings. The first-order valence-electron chi connectivity index (χ1n) is 11.6. The van der Waals surface area contributed by atoms with E-state index in [-0.39, 0.29) is 18.1 Å². The number of fused-ring (bicyclic) bond motifs is 1. The van der Waals surface area contributed by atoms with Crippen LogP contribution in [0.2, 0.25) is 0 Å². The smallest absolute Gasteiger partial charge is 0.303 e. The third-order valence-electron chi connectivity index (χ3n) is 5.90. The number of carboxylic acid groups (broad SMARTS) is 1. The summed E-state index contributed by atoms with van der Waals surface area (Å²) >= 11 is 0. The lowest BCUT2D eigenvalue weighted by Gasteiger charge is -2.12. The summed E-state index contributed by atoms with van der Waals surface area (Å²) in [6, 6.07) is 22.5. The molecule has 3 aromatic carbocycles. The number of hydrogen-bond donors (Lipinski definition) is 2. The van der Waals surface area contributed by atoms with Crippen molar-refractivity contribution in [3.05, 3.63) is 101 Å². The van der Waals surface area contributed by atoms with E-state index >= 15 is 0 Å². The van der Waals surface area contributed by atoms with Crippen LogP contribution in [0.5, 0.6) is 0 Å². The number of carbonyl (C=O) groups excluding carboxylic acids is 1. The van der Waals surface area contributed by atoms with Gasteiger partial charge >= 0.3 is 5.97 Å². The molecule has 0 aliphatic heterocycles. The minimum atomic E-state index is -0.831. The van der Waals surface area contributed by atoms with Gasteiger partial charge in [-0.2, -0.15) is 5.26 Å². The standard InChI is InChI=1S/C29H24FN3O3/c30-25-12-9-21(10-13-25)28-22(3-1-2-4-27(34)35)15-24-16-23(11-14-26(24)33-28)29(36)32-18-20-7-5-19(17-31)6-8-20/h5-16H,1-4,18H2,(H,32,36)(H,34,35). The molecule has 4 rings (SSSR count). The number of amides is 1. The molecule has 0 radical (unpaired) electrons. The Kier molecular flexibility index (Phi) is 7.66. The number of nitriles is 1. The summed E-state index contributed by atoms with van der Waals surface area (Å²) in [5.74, 6) is -1.40. The summed E-state index contributed by atoms with van der Waals surface area (Å²) in [6.45, 7) is 0.333. The third-order valence-corrected chi connectivity index (χ3v) is 5.90. The fourth-order valence-electron chi connectivity index (χ4n) is 3.98. The van der Waals surface area contributed by atoms with Gasteiger partial charge in [0.25, 0.3) is 5.91 Å². The Hall–Kier alpha value is -4.57. The summed E-state index contributed by atoms with van der Waals surface area (Å²) in [5.41, 5.74) is 5.04. The Morgan fingerprint density at radius 1 is 0.972 bits per heavy atom. The van der Waals surface area contributed by atoms with Crippen molar-refractivity contribution >= 4 is 22.8 Å². The first-order chi connectivity index (χ1) is 17.4. The molecule has 0 spiro atoms. The number of nitrogens with one attached hydrogen (secondary N) is 1. The number of pyridine rings is 1. The third kappa shape index (κ3) is 6.10. The fourth-order valence-corrected chi connectivity index (χ4v) is 3.98. The van der Waals surface area contributed by atoms with Gasteiger partial charge in [-0.25, -0.2) is 9.37 Å². The molecule has 1 heterocycles. The molecule has 0 atom stereocenters. The lowest BCUT2D eigenvalue weighted by Crippen LogP contribution is -2.22. The maximum absolute atomic E-state index is 13.5. The summed E-state index contributed by atoms with van der Waals surface area (Å²) in [7, 11) is 0. The SMILES string of the molecule is N#Cc1ccc(CNC(=O)c2ccc3nc(-c4ccc(F)cc4)c(CCCCC(=O)O)cc3c2)cc1. The predicted octanol–water partition coefficient (Wildman–Crippen LogP) is 5.64. The van der Waals surface area contributed by atoms with Crippen molar-refractivity contribution in [2.45, 2.75) is 32.2 Å². The molecule has 0 unspecified atom stereocenters. The Bertz CT molecular complexity index is 1440. The lowest BCUT2D eigenvalue weighted by molar-refractivity contribution is -0.137. The number of aromatic nitrogens is 1. The van der Waals surface area contributed by atoms with Crippen LogP contribution in [0.25, 0.3) is 22.2 Å². The molecule has 2 N–H and O–H groups in total. The minimum absolute atomic E-state index is 0.0937.